The highest BCUT2D eigenvalue weighted by Crippen LogP contribution is 2.20. The second kappa shape index (κ2) is 9.19. The van der Waals surface area contributed by atoms with Gasteiger partial charge in [-0.3, -0.25) is 9.69 Å². The van der Waals surface area contributed by atoms with Crippen LogP contribution in [0.5, 0.6) is 0 Å². The Hall–Kier alpha value is -3.04. The van der Waals surface area contributed by atoms with Gasteiger partial charge in [-0.05, 0) is 65.6 Å². The van der Waals surface area contributed by atoms with Crippen molar-refractivity contribution in [1.82, 2.24) is 14.7 Å². The van der Waals surface area contributed by atoms with Gasteiger partial charge in [-0.15, -0.1) is 11.3 Å². The molecule has 0 radical (unpaired) electrons. The lowest BCUT2D eigenvalue weighted by molar-refractivity contribution is -0.389. The van der Waals surface area contributed by atoms with Gasteiger partial charge in [0.1, 0.15) is 0 Å². The number of carbonyl (C=O) groups excluding carboxylic acids is 1. The SMILES string of the molecule is O=C(Nc1ccc(CN2CCCCC2)cc1)c1cc(Cn2ccc([N+](=O)[O-])n2)cs1. The number of carbonyl (C=O) groups is 1. The van der Waals surface area contributed by atoms with Crippen LogP contribution in [0.15, 0.2) is 48.0 Å². The van der Waals surface area contributed by atoms with Crippen molar-refractivity contribution in [2.45, 2.75) is 32.4 Å². The number of likely N-dealkylation sites (tertiary alicyclic amines) is 1. The minimum absolute atomic E-state index is 0.165. The molecule has 8 nitrogen and oxygen atoms in total. The number of amides is 1. The third kappa shape index (κ3) is 5.11. The summed E-state index contributed by atoms with van der Waals surface area (Å²) in [5.41, 5.74) is 2.89. The van der Waals surface area contributed by atoms with Crippen molar-refractivity contribution >= 4 is 28.7 Å². The first-order valence-electron chi connectivity index (χ1n) is 9.95. The van der Waals surface area contributed by atoms with Crippen molar-refractivity contribution in [3.63, 3.8) is 0 Å². The quantitative estimate of drug-likeness (QED) is 0.454. The Balaban J connectivity index is 1.32. The largest absolute Gasteiger partial charge is 0.389 e. The highest BCUT2D eigenvalue weighted by molar-refractivity contribution is 7.12. The second-order valence-corrected chi connectivity index (χ2v) is 8.35. The molecule has 0 unspecified atom stereocenters. The zero-order valence-electron chi connectivity index (χ0n) is 16.5. The number of thiophene rings is 1. The fraction of sp³-hybridized carbons (Fsp3) is 0.333. The molecule has 1 aromatic carbocycles. The number of nitrogens with one attached hydrogen (secondary N) is 1. The van der Waals surface area contributed by atoms with Crippen LogP contribution < -0.4 is 5.32 Å². The van der Waals surface area contributed by atoms with Gasteiger partial charge in [0.05, 0.1) is 28.8 Å². The minimum atomic E-state index is -0.527. The Morgan fingerprint density at radius 2 is 1.87 bits per heavy atom. The van der Waals surface area contributed by atoms with E-state index in [2.05, 4.69) is 27.4 Å². The van der Waals surface area contributed by atoms with E-state index in [4.69, 9.17) is 0 Å². The molecular formula is C21H23N5O3S. The predicted molar refractivity (Wildman–Crippen MR) is 116 cm³/mol. The maximum atomic E-state index is 12.6. The topological polar surface area (TPSA) is 93.3 Å². The van der Waals surface area contributed by atoms with Gasteiger partial charge in [0, 0.05) is 12.2 Å². The summed E-state index contributed by atoms with van der Waals surface area (Å²) < 4.78 is 1.49. The van der Waals surface area contributed by atoms with Gasteiger partial charge < -0.3 is 15.4 Å². The molecule has 1 N–H and O–H groups in total. The third-order valence-electron chi connectivity index (χ3n) is 5.10. The standard InChI is InChI=1S/C21H23N5O3S/c27-21(19-12-17(15-30-19)14-25-11-8-20(23-25)26(28)29)22-18-6-4-16(5-7-18)13-24-9-2-1-3-10-24/h4-8,11-12,15H,1-3,9-10,13-14H2,(H,22,27). The first kappa shape index (κ1) is 20.2. The van der Waals surface area contributed by atoms with Crippen LogP contribution in [-0.4, -0.2) is 38.6 Å². The molecule has 0 aliphatic carbocycles. The Morgan fingerprint density at radius 1 is 1.10 bits per heavy atom. The van der Waals surface area contributed by atoms with E-state index < -0.39 is 4.92 Å². The molecule has 0 bridgehead atoms. The molecule has 0 spiro atoms. The number of aromatic nitrogens is 2. The normalized spacial score (nSPS) is 14.5. The molecule has 4 rings (SSSR count). The molecule has 2 aromatic heterocycles. The summed E-state index contributed by atoms with van der Waals surface area (Å²) in [4.78, 5) is 25.8. The van der Waals surface area contributed by atoms with E-state index in [1.807, 2.05) is 17.5 Å². The molecule has 1 amide bonds. The van der Waals surface area contributed by atoms with Crippen LogP contribution in [0.3, 0.4) is 0 Å². The summed E-state index contributed by atoms with van der Waals surface area (Å²) >= 11 is 1.34. The highest BCUT2D eigenvalue weighted by atomic mass is 32.1. The van der Waals surface area contributed by atoms with Crippen molar-refractivity contribution in [3.8, 4) is 0 Å². The first-order valence-corrected chi connectivity index (χ1v) is 10.8. The first-order chi connectivity index (χ1) is 14.6. The van der Waals surface area contributed by atoms with Crippen molar-refractivity contribution < 1.29 is 9.72 Å². The number of hydrogen-bond acceptors (Lipinski definition) is 6. The molecule has 0 saturated carbocycles. The average Bonchev–Trinajstić information content (AvgIpc) is 3.41. The van der Waals surface area contributed by atoms with Gasteiger partial charge in [-0.2, -0.15) is 4.68 Å². The summed E-state index contributed by atoms with van der Waals surface area (Å²) in [6.45, 7) is 3.65. The van der Waals surface area contributed by atoms with Crippen LogP contribution in [0.2, 0.25) is 0 Å². The molecule has 1 fully saturated rings. The smallest absolute Gasteiger partial charge is 0.358 e. The van der Waals surface area contributed by atoms with E-state index in [-0.39, 0.29) is 11.7 Å². The number of nitrogens with zero attached hydrogens (tertiary/aromatic N) is 4. The maximum Gasteiger partial charge on any atom is 0.389 e. The van der Waals surface area contributed by atoms with Gasteiger partial charge in [0.15, 0.2) is 0 Å². The third-order valence-corrected chi connectivity index (χ3v) is 6.08. The van der Waals surface area contributed by atoms with Crippen LogP contribution >= 0.6 is 11.3 Å². The molecule has 1 saturated heterocycles. The van der Waals surface area contributed by atoms with Crippen molar-refractivity contribution in [2.24, 2.45) is 0 Å². The zero-order valence-corrected chi connectivity index (χ0v) is 17.3. The molecule has 3 aromatic rings. The van der Waals surface area contributed by atoms with Crippen LogP contribution in [0, 0.1) is 10.1 Å². The number of hydrogen-bond donors (Lipinski definition) is 1. The van der Waals surface area contributed by atoms with Crippen molar-refractivity contribution in [1.29, 1.82) is 0 Å². The van der Waals surface area contributed by atoms with E-state index in [0.29, 0.717) is 11.4 Å². The monoisotopic (exact) mass is 425 g/mol. The Kier molecular flexibility index (Phi) is 6.20. The predicted octanol–water partition coefficient (Wildman–Crippen LogP) is 4.14. The molecule has 1 aliphatic heterocycles. The van der Waals surface area contributed by atoms with Gasteiger partial charge >= 0.3 is 5.82 Å². The van der Waals surface area contributed by atoms with E-state index in [9.17, 15) is 14.9 Å². The number of piperidine rings is 1. The van der Waals surface area contributed by atoms with Gasteiger partial charge in [-0.25, -0.2) is 0 Å². The van der Waals surface area contributed by atoms with Crippen LogP contribution in [0.4, 0.5) is 11.5 Å². The summed E-state index contributed by atoms with van der Waals surface area (Å²) in [5.74, 6) is -0.353. The molecule has 1 aliphatic rings. The summed E-state index contributed by atoms with van der Waals surface area (Å²) in [5, 5.41) is 19.4. The molecular weight excluding hydrogens is 402 g/mol. The average molecular weight is 426 g/mol. The van der Waals surface area contributed by atoms with Crippen molar-refractivity contribution in [2.75, 3.05) is 18.4 Å². The number of benzene rings is 1. The van der Waals surface area contributed by atoms with E-state index in [1.165, 1.54) is 46.9 Å². The molecule has 156 valence electrons. The van der Waals surface area contributed by atoms with E-state index in [0.717, 1.165) is 30.9 Å². The number of rotatable bonds is 7. The fourth-order valence-electron chi connectivity index (χ4n) is 3.56. The number of nitro groups is 1. The van der Waals surface area contributed by atoms with E-state index >= 15 is 0 Å². The maximum absolute atomic E-state index is 12.6. The van der Waals surface area contributed by atoms with Gasteiger partial charge in [0.25, 0.3) is 5.91 Å². The van der Waals surface area contributed by atoms with Crippen LogP contribution in [-0.2, 0) is 13.1 Å². The summed E-state index contributed by atoms with van der Waals surface area (Å²) in [6.07, 6.45) is 5.43. The highest BCUT2D eigenvalue weighted by Gasteiger charge is 2.14. The van der Waals surface area contributed by atoms with Crippen molar-refractivity contribution in [3.05, 3.63) is 74.1 Å². The Labute approximate surface area is 178 Å². The van der Waals surface area contributed by atoms with E-state index in [1.54, 1.807) is 12.3 Å². The zero-order chi connectivity index (χ0) is 20.9. The minimum Gasteiger partial charge on any atom is -0.358 e. The van der Waals surface area contributed by atoms with Gasteiger partial charge in [0.2, 0.25) is 0 Å². The van der Waals surface area contributed by atoms with Crippen LogP contribution in [0.1, 0.15) is 40.1 Å². The molecule has 0 atom stereocenters. The fourth-order valence-corrected chi connectivity index (χ4v) is 4.36. The Bertz CT molecular complexity index is 1020. The molecule has 3 heterocycles. The molecule has 30 heavy (non-hydrogen) atoms. The summed E-state index contributed by atoms with van der Waals surface area (Å²) in [7, 11) is 0. The lowest BCUT2D eigenvalue weighted by Crippen LogP contribution is -2.29. The Morgan fingerprint density at radius 3 is 2.57 bits per heavy atom. The lowest BCUT2D eigenvalue weighted by Gasteiger charge is -2.26. The number of anilines is 1. The summed E-state index contributed by atoms with van der Waals surface area (Å²) in [6, 6.07) is 11.2. The molecule has 9 heteroatoms. The second-order valence-electron chi connectivity index (χ2n) is 7.44. The van der Waals surface area contributed by atoms with Gasteiger partial charge in [-0.1, -0.05) is 18.6 Å². The van der Waals surface area contributed by atoms with Crippen LogP contribution in [0.25, 0.3) is 0 Å². The lowest BCUT2D eigenvalue weighted by atomic mass is 10.1.